The molecule has 0 unspecified atom stereocenters. The number of carbonyl (C=O) groups excluding carboxylic acids is 3. The first-order valence-electron chi connectivity index (χ1n) is 9.32. The third-order valence-corrected chi connectivity index (χ3v) is 5.09. The van der Waals surface area contributed by atoms with Crippen LogP contribution in [0.3, 0.4) is 0 Å². The lowest BCUT2D eigenvalue weighted by atomic mass is 10.2. The highest BCUT2D eigenvalue weighted by atomic mass is 35.5. The molecule has 2 aliphatic heterocycles. The minimum absolute atomic E-state index is 0.117. The van der Waals surface area contributed by atoms with Gasteiger partial charge in [0.05, 0.1) is 26.2 Å². The predicted octanol–water partition coefficient (Wildman–Crippen LogP) is 0.504. The molecule has 2 aliphatic rings. The second-order valence-electron chi connectivity index (χ2n) is 6.65. The maximum Gasteiger partial charge on any atom is 0.414 e. The summed E-state index contributed by atoms with van der Waals surface area (Å²) >= 11 is 11.0. The minimum Gasteiger partial charge on any atom is -0.442 e. The Balaban J connectivity index is 1.57. The lowest BCUT2D eigenvalue weighted by Gasteiger charge is -2.23. The number of nitrogens with one attached hydrogen (secondary N) is 1. The Labute approximate surface area is 183 Å². The molecule has 1 atom stereocenters. The summed E-state index contributed by atoms with van der Waals surface area (Å²) in [6.45, 7) is 1.56. The number of alkyl halides is 2. The Kier molecular flexibility index (Phi) is 7.59. The van der Waals surface area contributed by atoms with Gasteiger partial charge in [0.25, 0.3) is 11.8 Å². The number of hydroxylamine groups is 2. The normalized spacial score (nSPS) is 19.7. The molecule has 0 radical (unpaired) electrons. The smallest absolute Gasteiger partial charge is 0.414 e. The van der Waals surface area contributed by atoms with Crippen LogP contribution >= 0.6 is 23.2 Å². The SMILES string of the molecule is O=C(NC[C@H]1CN(c2ccc(N3CCON(C(=O)CO)CC3)cc2)C(=O)O1)C(Cl)Cl. The van der Waals surface area contributed by atoms with Crippen molar-refractivity contribution in [2.45, 2.75) is 10.9 Å². The van der Waals surface area contributed by atoms with Gasteiger partial charge in [-0.2, -0.15) is 0 Å². The molecule has 2 heterocycles. The van der Waals surface area contributed by atoms with Crippen LogP contribution in [0.25, 0.3) is 0 Å². The largest absolute Gasteiger partial charge is 0.442 e. The summed E-state index contributed by atoms with van der Waals surface area (Å²) in [4.78, 5) is 42.9. The fourth-order valence-electron chi connectivity index (χ4n) is 3.16. The number of ether oxygens (including phenoxy) is 1. The van der Waals surface area contributed by atoms with E-state index in [1.165, 1.54) is 9.96 Å². The van der Waals surface area contributed by atoms with Gasteiger partial charge < -0.3 is 20.1 Å². The Morgan fingerprint density at radius 2 is 1.87 bits per heavy atom. The van der Waals surface area contributed by atoms with Gasteiger partial charge in [-0.1, -0.05) is 23.2 Å². The second kappa shape index (κ2) is 10.2. The fourth-order valence-corrected chi connectivity index (χ4v) is 3.31. The van der Waals surface area contributed by atoms with E-state index < -0.39 is 35.5 Å². The Hall–Kier alpha value is -2.27. The van der Waals surface area contributed by atoms with Gasteiger partial charge >= 0.3 is 6.09 Å². The van der Waals surface area contributed by atoms with E-state index in [1.54, 1.807) is 12.1 Å². The number of amides is 3. The van der Waals surface area contributed by atoms with Gasteiger partial charge in [0.1, 0.15) is 12.7 Å². The summed E-state index contributed by atoms with van der Waals surface area (Å²) in [5, 5.41) is 12.7. The molecule has 1 aromatic carbocycles. The van der Waals surface area contributed by atoms with Gasteiger partial charge in [0.15, 0.2) is 4.84 Å². The lowest BCUT2D eigenvalue weighted by Crippen LogP contribution is -2.37. The molecule has 2 fully saturated rings. The lowest BCUT2D eigenvalue weighted by molar-refractivity contribution is -0.184. The zero-order valence-corrected chi connectivity index (χ0v) is 17.5. The molecule has 0 bridgehead atoms. The molecule has 3 rings (SSSR count). The van der Waals surface area contributed by atoms with E-state index in [-0.39, 0.29) is 13.1 Å². The van der Waals surface area contributed by atoms with Crippen molar-refractivity contribution < 1.29 is 29.1 Å². The van der Waals surface area contributed by atoms with Gasteiger partial charge in [-0.25, -0.2) is 9.86 Å². The number of benzene rings is 1. The van der Waals surface area contributed by atoms with Crippen molar-refractivity contribution in [2.75, 3.05) is 55.7 Å². The van der Waals surface area contributed by atoms with Crippen molar-refractivity contribution >= 4 is 52.5 Å². The molecule has 0 saturated carbocycles. The van der Waals surface area contributed by atoms with Crippen LogP contribution in [0.1, 0.15) is 0 Å². The Bertz CT molecular complexity index is 778. The van der Waals surface area contributed by atoms with Crippen LogP contribution < -0.4 is 15.1 Å². The number of halogens is 2. The molecule has 0 aliphatic carbocycles. The topological polar surface area (TPSA) is 112 Å². The Morgan fingerprint density at radius 3 is 2.53 bits per heavy atom. The summed E-state index contributed by atoms with van der Waals surface area (Å²) in [5.74, 6) is -1.02. The average molecular weight is 461 g/mol. The van der Waals surface area contributed by atoms with Gasteiger partial charge in [0.2, 0.25) is 0 Å². The molecule has 1 aromatic rings. The minimum atomic E-state index is -1.18. The monoisotopic (exact) mass is 460 g/mol. The number of rotatable bonds is 6. The van der Waals surface area contributed by atoms with Crippen LogP contribution in [0.5, 0.6) is 0 Å². The number of anilines is 2. The molecular formula is C18H22Cl2N4O6. The van der Waals surface area contributed by atoms with Crippen LogP contribution in [0, 0.1) is 0 Å². The van der Waals surface area contributed by atoms with Crippen LogP contribution in [0.15, 0.2) is 24.3 Å². The zero-order chi connectivity index (χ0) is 21.7. The molecule has 0 spiro atoms. The van der Waals surface area contributed by atoms with E-state index in [0.717, 1.165) is 5.69 Å². The first-order valence-corrected chi connectivity index (χ1v) is 10.2. The molecule has 30 heavy (non-hydrogen) atoms. The van der Waals surface area contributed by atoms with Crippen LogP contribution in [0.4, 0.5) is 16.2 Å². The maximum atomic E-state index is 12.2. The fraction of sp³-hybridized carbons (Fsp3) is 0.500. The highest BCUT2D eigenvalue weighted by molar-refractivity contribution is 6.53. The van der Waals surface area contributed by atoms with Crippen LogP contribution in [-0.2, 0) is 19.2 Å². The summed E-state index contributed by atoms with van der Waals surface area (Å²) in [6, 6.07) is 7.33. The zero-order valence-electron chi connectivity index (χ0n) is 16.0. The summed E-state index contributed by atoms with van der Waals surface area (Å²) < 4.78 is 5.27. The van der Waals surface area contributed by atoms with E-state index in [2.05, 4.69) is 5.32 Å². The third-order valence-electron chi connectivity index (χ3n) is 4.70. The standard InChI is InChI=1S/C18H22Cl2N4O6/c19-16(20)17(27)21-9-14-10-23(18(28)30-14)13-3-1-12(2-4-13)22-5-6-24(15(26)11-25)29-8-7-22/h1-4,14,16,25H,5-11H2,(H,21,27)/t14-/m0/s1. The maximum absolute atomic E-state index is 12.2. The first kappa shape index (κ1) is 22.4. The molecule has 2 N–H and O–H groups in total. The first-order chi connectivity index (χ1) is 14.4. The van der Waals surface area contributed by atoms with Crippen molar-refractivity contribution in [3.05, 3.63) is 24.3 Å². The molecule has 2 saturated heterocycles. The number of cyclic esters (lactones) is 1. The van der Waals surface area contributed by atoms with Gasteiger partial charge in [0, 0.05) is 24.5 Å². The van der Waals surface area contributed by atoms with Gasteiger partial charge in [-0.05, 0) is 24.3 Å². The van der Waals surface area contributed by atoms with Gasteiger partial charge in [-0.3, -0.25) is 19.3 Å². The molecule has 10 nitrogen and oxygen atoms in total. The molecular weight excluding hydrogens is 439 g/mol. The summed E-state index contributed by atoms with van der Waals surface area (Å²) in [7, 11) is 0. The summed E-state index contributed by atoms with van der Waals surface area (Å²) in [6.07, 6.45) is -1.01. The highest BCUT2D eigenvalue weighted by Crippen LogP contribution is 2.25. The summed E-state index contributed by atoms with van der Waals surface area (Å²) in [5.41, 5.74) is 1.57. The van der Waals surface area contributed by atoms with Crippen molar-refractivity contribution in [3.8, 4) is 0 Å². The average Bonchev–Trinajstić information content (AvgIpc) is 2.95. The van der Waals surface area contributed by atoms with Crippen molar-refractivity contribution in [1.82, 2.24) is 10.4 Å². The second-order valence-corrected chi connectivity index (χ2v) is 7.75. The van der Waals surface area contributed by atoms with Crippen molar-refractivity contribution in [1.29, 1.82) is 0 Å². The van der Waals surface area contributed by atoms with Crippen LogP contribution in [0.2, 0.25) is 0 Å². The number of aliphatic hydroxyl groups excluding tert-OH is 1. The van der Waals surface area contributed by atoms with E-state index >= 15 is 0 Å². The van der Waals surface area contributed by atoms with E-state index in [4.69, 9.17) is 37.9 Å². The highest BCUT2D eigenvalue weighted by Gasteiger charge is 2.33. The number of nitrogens with zero attached hydrogens (tertiary/aromatic N) is 3. The number of aliphatic hydroxyl groups is 1. The van der Waals surface area contributed by atoms with Crippen molar-refractivity contribution in [3.63, 3.8) is 0 Å². The number of hydrogen-bond acceptors (Lipinski definition) is 7. The molecule has 12 heteroatoms. The van der Waals surface area contributed by atoms with E-state index in [1.807, 2.05) is 17.0 Å². The van der Waals surface area contributed by atoms with Crippen molar-refractivity contribution in [2.24, 2.45) is 0 Å². The van der Waals surface area contributed by atoms with Gasteiger partial charge in [-0.15, -0.1) is 0 Å². The van der Waals surface area contributed by atoms with Crippen LogP contribution in [-0.4, -0.2) is 85.0 Å². The third kappa shape index (κ3) is 5.45. The van der Waals surface area contributed by atoms with E-state index in [9.17, 15) is 14.4 Å². The number of carbonyl (C=O) groups is 3. The van der Waals surface area contributed by atoms with E-state index in [0.29, 0.717) is 31.9 Å². The predicted molar refractivity (Wildman–Crippen MR) is 110 cm³/mol. The number of hydrogen-bond donors (Lipinski definition) is 2. The Morgan fingerprint density at radius 1 is 1.17 bits per heavy atom. The molecule has 164 valence electrons. The molecule has 0 aromatic heterocycles. The molecule has 3 amide bonds. The quantitative estimate of drug-likeness (QED) is 0.594.